The normalized spacial score (nSPS) is 16.7. The number of carbonyl (C=O) groups is 2. The Bertz CT molecular complexity index is 621. The van der Waals surface area contributed by atoms with Gasteiger partial charge in [0.05, 0.1) is 13.2 Å². The number of amides is 2. The third-order valence-electron chi connectivity index (χ3n) is 3.47. The molecule has 0 radical (unpaired) electrons. The first-order valence-corrected chi connectivity index (χ1v) is 8.76. The smallest absolute Gasteiger partial charge is 0.357 e. The molecule has 0 bridgehead atoms. The van der Waals surface area contributed by atoms with Crippen LogP contribution in [0.1, 0.15) is 15.9 Å². The Morgan fingerprint density at radius 1 is 1.22 bits per heavy atom. The highest BCUT2D eigenvalue weighted by Crippen LogP contribution is 2.40. The second-order valence-corrected chi connectivity index (χ2v) is 6.96. The molecule has 8 nitrogen and oxygen atoms in total. The van der Waals surface area contributed by atoms with Crippen molar-refractivity contribution in [3.8, 4) is 0 Å². The number of nitrogens with zero attached hydrogens (tertiary/aromatic N) is 1. The molecule has 1 aliphatic heterocycles. The quantitative estimate of drug-likeness (QED) is 0.668. The van der Waals surface area contributed by atoms with Crippen LogP contribution < -0.4 is 5.32 Å². The van der Waals surface area contributed by atoms with Crippen molar-refractivity contribution in [3.63, 3.8) is 0 Å². The summed E-state index contributed by atoms with van der Waals surface area (Å²) in [6, 6.07) is 6.46. The molecule has 0 aliphatic carbocycles. The van der Waals surface area contributed by atoms with E-state index in [1.54, 1.807) is 12.1 Å². The van der Waals surface area contributed by atoms with Gasteiger partial charge >= 0.3 is 7.60 Å². The number of nitrogens with one attached hydrogen (secondary N) is 1. The second kappa shape index (κ2) is 7.23. The van der Waals surface area contributed by atoms with Gasteiger partial charge in [-0.05, 0) is 19.1 Å². The van der Waals surface area contributed by atoms with Crippen molar-refractivity contribution in [1.29, 1.82) is 0 Å². The minimum Gasteiger partial charge on any atom is -0.378 e. The summed E-state index contributed by atoms with van der Waals surface area (Å²) in [6.07, 6.45) is 0. The van der Waals surface area contributed by atoms with Crippen LogP contribution in [0.25, 0.3) is 0 Å². The van der Waals surface area contributed by atoms with Crippen LogP contribution in [0.3, 0.4) is 0 Å². The van der Waals surface area contributed by atoms with Gasteiger partial charge in [-0.25, -0.2) is 0 Å². The fraction of sp³-hybridized carbons (Fsp3) is 0.429. The molecule has 2 amide bonds. The molecule has 23 heavy (non-hydrogen) atoms. The molecule has 9 heteroatoms. The highest BCUT2D eigenvalue weighted by atomic mass is 31.2. The molecule has 1 saturated heterocycles. The summed E-state index contributed by atoms with van der Waals surface area (Å²) in [5.41, 5.74) is 1.17. The Labute approximate surface area is 133 Å². The fourth-order valence-electron chi connectivity index (χ4n) is 2.16. The van der Waals surface area contributed by atoms with Gasteiger partial charge in [-0.2, -0.15) is 0 Å². The van der Waals surface area contributed by atoms with Gasteiger partial charge in [0.2, 0.25) is 5.78 Å². The van der Waals surface area contributed by atoms with Crippen LogP contribution in [0.2, 0.25) is 0 Å². The number of carbonyl (C=O) groups excluding carboxylic acids is 2. The number of rotatable bonds is 4. The molecule has 0 saturated carbocycles. The van der Waals surface area contributed by atoms with Gasteiger partial charge in [0.15, 0.2) is 0 Å². The topological polar surface area (TPSA) is 116 Å². The van der Waals surface area contributed by atoms with E-state index in [2.05, 4.69) is 5.32 Å². The zero-order valence-electron chi connectivity index (χ0n) is 12.6. The summed E-state index contributed by atoms with van der Waals surface area (Å²) in [4.78, 5) is 44.6. The summed E-state index contributed by atoms with van der Waals surface area (Å²) in [5, 5.41) is 2.16. The van der Waals surface area contributed by atoms with Gasteiger partial charge in [-0.3, -0.25) is 14.2 Å². The number of hydrogen-bond donors (Lipinski definition) is 3. The van der Waals surface area contributed by atoms with Crippen LogP contribution in [0.15, 0.2) is 24.3 Å². The van der Waals surface area contributed by atoms with Crippen LogP contribution in [0.5, 0.6) is 0 Å². The van der Waals surface area contributed by atoms with Crippen molar-refractivity contribution < 1.29 is 28.7 Å². The summed E-state index contributed by atoms with van der Waals surface area (Å²) < 4.78 is 16.7. The molecule has 1 fully saturated rings. The third kappa shape index (κ3) is 4.62. The first-order chi connectivity index (χ1) is 10.8. The zero-order chi connectivity index (χ0) is 17.0. The maximum atomic E-state index is 12.3. The predicted octanol–water partition coefficient (Wildman–Crippen LogP) is 0.0874. The van der Waals surface area contributed by atoms with Crippen molar-refractivity contribution in [2.45, 2.75) is 12.7 Å². The molecule has 0 spiro atoms. The molecule has 2 rings (SSSR count). The molecule has 1 atom stereocenters. The van der Waals surface area contributed by atoms with Crippen LogP contribution in [0, 0.1) is 6.92 Å². The van der Waals surface area contributed by atoms with Gasteiger partial charge in [-0.15, -0.1) is 0 Å². The van der Waals surface area contributed by atoms with Crippen molar-refractivity contribution in [2.24, 2.45) is 0 Å². The Balaban J connectivity index is 2.15. The number of aryl methyl sites for hydroxylation is 1. The number of hydrogen-bond acceptors (Lipinski definition) is 4. The maximum Gasteiger partial charge on any atom is 0.357 e. The molecule has 0 aromatic heterocycles. The fourth-order valence-corrected chi connectivity index (χ4v) is 2.90. The minimum absolute atomic E-state index is 0.226. The van der Waals surface area contributed by atoms with Gasteiger partial charge in [0, 0.05) is 18.7 Å². The Kier molecular flexibility index (Phi) is 5.54. The van der Waals surface area contributed by atoms with E-state index in [1.807, 2.05) is 6.92 Å². The van der Waals surface area contributed by atoms with Crippen LogP contribution in [-0.4, -0.2) is 58.6 Å². The highest BCUT2D eigenvalue weighted by Gasteiger charge is 2.40. The summed E-state index contributed by atoms with van der Waals surface area (Å²) in [6.45, 7) is 2.91. The maximum absolute atomic E-state index is 12.3. The number of ether oxygens (including phenoxy) is 1. The lowest BCUT2D eigenvalue weighted by Crippen LogP contribution is -2.51. The molecule has 126 valence electrons. The summed E-state index contributed by atoms with van der Waals surface area (Å²) in [7, 11) is -4.85. The molecule has 1 heterocycles. The Morgan fingerprint density at radius 3 is 2.30 bits per heavy atom. The standard InChI is InChI=1S/C14H19N2O6P/c1-10-2-4-11(5-3-10)12(17)15-13(23(19,20)21)14(18)16-6-8-22-9-7-16/h2-5,13H,6-9H2,1H3,(H,15,17)(H2,19,20,21). The minimum atomic E-state index is -4.85. The monoisotopic (exact) mass is 342 g/mol. The van der Waals surface area contributed by atoms with E-state index in [-0.39, 0.29) is 18.7 Å². The lowest BCUT2D eigenvalue weighted by atomic mass is 10.1. The third-order valence-corrected chi connectivity index (χ3v) is 4.50. The average molecular weight is 342 g/mol. The highest BCUT2D eigenvalue weighted by molar-refractivity contribution is 7.53. The van der Waals surface area contributed by atoms with E-state index in [0.717, 1.165) is 5.56 Å². The lowest BCUT2D eigenvalue weighted by Gasteiger charge is -2.30. The summed E-state index contributed by atoms with van der Waals surface area (Å²) in [5.74, 6) is -3.41. The Hall–Kier alpha value is -1.73. The van der Waals surface area contributed by atoms with Crippen molar-refractivity contribution in [2.75, 3.05) is 26.3 Å². The number of benzene rings is 1. The van der Waals surface area contributed by atoms with Crippen LogP contribution >= 0.6 is 7.60 Å². The van der Waals surface area contributed by atoms with Crippen molar-refractivity contribution in [3.05, 3.63) is 35.4 Å². The zero-order valence-corrected chi connectivity index (χ0v) is 13.5. The van der Waals surface area contributed by atoms with Crippen molar-refractivity contribution >= 4 is 19.4 Å². The van der Waals surface area contributed by atoms with Crippen LogP contribution in [-0.2, 0) is 14.1 Å². The Morgan fingerprint density at radius 2 is 1.78 bits per heavy atom. The lowest BCUT2D eigenvalue weighted by molar-refractivity contribution is -0.135. The number of morpholine rings is 1. The molecule has 1 aromatic rings. The molecule has 1 unspecified atom stereocenters. The first-order valence-electron chi connectivity index (χ1n) is 7.08. The predicted molar refractivity (Wildman–Crippen MR) is 81.9 cm³/mol. The largest absolute Gasteiger partial charge is 0.378 e. The van der Waals surface area contributed by atoms with E-state index < -0.39 is 25.2 Å². The van der Waals surface area contributed by atoms with Gasteiger partial charge < -0.3 is 24.7 Å². The molecule has 1 aliphatic rings. The molecular formula is C14H19N2O6P. The molecule has 1 aromatic carbocycles. The average Bonchev–Trinajstić information content (AvgIpc) is 2.52. The van der Waals surface area contributed by atoms with E-state index in [9.17, 15) is 23.9 Å². The second-order valence-electron chi connectivity index (χ2n) is 5.27. The van der Waals surface area contributed by atoms with Gasteiger partial charge in [0.1, 0.15) is 0 Å². The SMILES string of the molecule is Cc1ccc(C(=O)NC(C(=O)N2CCOCC2)P(=O)(O)O)cc1. The summed E-state index contributed by atoms with van der Waals surface area (Å²) >= 11 is 0. The molecular weight excluding hydrogens is 323 g/mol. The van der Waals surface area contributed by atoms with E-state index >= 15 is 0 Å². The first kappa shape index (κ1) is 17.6. The molecule has 3 N–H and O–H groups in total. The van der Waals surface area contributed by atoms with E-state index in [1.165, 1.54) is 17.0 Å². The van der Waals surface area contributed by atoms with E-state index in [4.69, 9.17) is 4.74 Å². The van der Waals surface area contributed by atoms with E-state index in [0.29, 0.717) is 13.2 Å². The van der Waals surface area contributed by atoms with Gasteiger partial charge in [-0.1, -0.05) is 17.7 Å². The van der Waals surface area contributed by atoms with Gasteiger partial charge in [0.25, 0.3) is 11.8 Å². The van der Waals surface area contributed by atoms with Crippen LogP contribution in [0.4, 0.5) is 0 Å². The van der Waals surface area contributed by atoms with Crippen molar-refractivity contribution in [1.82, 2.24) is 10.2 Å².